The quantitative estimate of drug-likeness (QED) is 0.622. The summed E-state index contributed by atoms with van der Waals surface area (Å²) < 4.78 is 0. The average molecular weight is 443 g/mol. The Balaban J connectivity index is 1.13. The van der Waals surface area contributed by atoms with Crippen molar-refractivity contribution >= 4 is 22.8 Å². The van der Waals surface area contributed by atoms with Crippen LogP contribution in [-0.2, 0) is 12.8 Å². The summed E-state index contributed by atoms with van der Waals surface area (Å²) >= 11 is 0. The van der Waals surface area contributed by atoms with Gasteiger partial charge in [-0.25, -0.2) is 9.97 Å². The summed E-state index contributed by atoms with van der Waals surface area (Å²) in [6, 6.07) is 10.7. The fourth-order valence-corrected chi connectivity index (χ4v) is 5.23. The van der Waals surface area contributed by atoms with Crippen LogP contribution in [0.4, 0.5) is 5.95 Å². The number of rotatable bonds is 3. The SMILES string of the molecule is O=C(c1cnc2ccccc2c1)N1CCc2cnc(N3CCN(C4CCC4)CC3)nc2CC1. The monoisotopic (exact) mass is 442 g/mol. The van der Waals surface area contributed by atoms with Crippen LogP contribution in [0.2, 0.25) is 0 Å². The zero-order valence-electron chi connectivity index (χ0n) is 19.0. The minimum atomic E-state index is 0.0429. The minimum absolute atomic E-state index is 0.0429. The molecule has 3 aliphatic rings. The molecule has 0 unspecified atom stereocenters. The van der Waals surface area contributed by atoms with Gasteiger partial charge >= 0.3 is 0 Å². The van der Waals surface area contributed by atoms with E-state index in [4.69, 9.17) is 9.97 Å². The normalized spacial score (nSPS) is 19.8. The molecule has 0 N–H and O–H groups in total. The molecule has 1 saturated carbocycles. The lowest BCUT2D eigenvalue weighted by Crippen LogP contribution is -2.52. The first-order valence-corrected chi connectivity index (χ1v) is 12.2. The highest BCUT2D eigenvalue weighted by Gasteiger charge is 2.29. The topological polar surface area (TPSA) is 65.5 Å². The highest BCUT2D eigenvalue weighted by molar-refractivity contribution is 5.97. The molecule has 2 aliphatic heterocycles. The van der Waals surface area contributed by atoms with Gasteiger partial charge in [0.05, 0.1) is 16.8 Å². The second kappa shape index (κ2) is 8.71. The van der Waals surface area contributed by atoms with Gasteiger partial charge in [-0.2, -0.15) is 0 Å². The van der Waals surface area contributed by atoms with Gasteiger partial charge in [0.25, 0.3) is 5.91 Å². The number of fused-ring (bicyclic) bond motifs is 2. The van der Waals surface area contributed by atoms with Crippen molar-refractivity contribution in [2.75, 3.05) is 44.2 Å². The van der Waals surface area contributed by atoms with Crippen LogP contribution in [0, 0.1) is 0 Å². The number of anilines is 1. The molecule has 33 heavy (non-hydrogen) atoms. The van der Waals surface area contributed by atoms with Crippen molar-refractivity contribution in [1.82, 2.24) is 24.8 Å². The van der Waals surface area contributed by atoms with Gasteiger partial charge in [-0.3, -0.25) is 14.7 Å². The molecule has 2 fully saturated rings. The van der Waals surface area contributed by atoms with Gasteiger partial charge in [0.15, 0.2) is 0 Å². The van der Waals surface area contributed by atoms with Crippen LogP contribution < -0.4 is 4.90 Å². The Bertz CT molecular complexity index is 1170. The third-order valence-corrected chi connectivity index (χ3v) is 7.52. The molecule has 7 nitrogen and oxygen atoms in total. The first-order valence-electron chi connectivity index (χ1n) is 12.2. The third kappa shape index (κ3) is 4.06. The maximum absolute atomic E-state index is 13.2. The first kappa shape index (κ1) is 20.5. The number of carbonyl (C=O) groups is 1. The molecule has 3 aromatic rings. The smallest absolute Gasteiger partial charge is 0.255 e. The van der Waals surface area contributed by atoms with E-state index < -0.39 is 0 Å². The Hall–Kier alpha value is -3.06. The molecule has 170 valence electrons. The van der Waals surface area contributed by atoms with Gasteiger partial charge in [0.1, 0.15) is 0 Å². The molecule has 1 saturated heterocycles. The fourth-order valence-electron chi connectivity index (χ4n) is 5.23. The summed E-state index contributed by atoms with van der Waals surface area (Å²) in [6.07, 6.45) is 9.35. The van der Waals surface area contributed by atoms with Gasteiger partial charge in [-0.05, 0) is 37.0 Å². The second-order valence-electron chi connectivity index (χ2n) is 9.46. The molecule has 2 aromatic heterocycles. The van der Waals surface area contributed by atoms with Crippen LogP contribution in [0.15, 0.2) is 42.7 Å². The molecule has 0 radical (unpaired) electrons. The number of hydrogen-bond donors (Lipinski definition) is 0. The van der Waals surface area contributed by atoms with Crippen LogP contribution in [0.3, 0.4) is 0 Å². The lowest BCUT2D eigenvalue weighted by molar-refractivity contribution is 0.0762. The molecule has 1 aromatic carbocycles. The Morgan fingerprint density at radius 3 is 2.55 bits per heavy atom. The third-order valence-electron chi connectivity index (χ3n) is 7.52. The zero-order valence-corrected chi connectivity index (χ0v) is 19.0. The zero-order chi connectivity index (χ0) is 22.2. The fraction of sp³-hybridized carbons (Fsp3) is 0.462. The number of hydrogen-bond acceptors (Lipinski definition) is 6. The summed E-state index contributed by atoms with van der Waals surface area (Å²) in [5, 5.41) is 0.995. The maximum atomic E-state index is 13.2. The molecule has 1 aliphatic carbocycles. The van der Waals surface area contributed by atoms with Crippen LogP contribution in [0.1, 0.15) is 40.9 Å². The molecule has 0 bridgehead atoms. The number of nitrogens with zero attached hydrogens (tertiary/aromatic N) is 6. The van der Waals surface area contributed by atoms with Gasteiger partial charge < -0.3 is 9.80 Å². The van der Waals surface area contributed by atoms with Crippen LogP contribution >= 0.6 is 0 Å². The maximum Gasteiger partial charge on any atom is 0.255 e. The van der Waals surface area contributed by atoms with Crippen molar-refractivity contribution in [3.05, 3.63) is 59.5 Å². The number of piperazine rings is 1. The van der Waals surface area contributed by atoms with E-state index in [9.17, 15) is 4.79 Å². The van der Waals surface area contributed by atoms with E-state index in [0.29, 0.717) is 18.7 Å². The standard InChI is InChI=1S/C26H30N6O/c33-25(21-16-19-4-1-2-7-23(19)27-18-21)31-10-8-20-17-28-26(29-24(20)9-11-31)32-14-12-30(13-15-32)22-5-3-6-22/h1-2,4,7,16-18,22H,3,5-6,8-15H2. The van der Waals surface area contributed by atoms with E-state index in [2.05, 4.69) is 14.8 Å². The van der Waals surface area contributed by atoms with Crippen molar-refractivity contribution in [1.29, 1.82) is 0 Å². The van der Waals surface area contributed by atoms with E-state index in [1.54, 1.807) is 6.20 Å². The van der Waals surface area contributed by atoms with E-state index in [0.717, 1.165) is 67.6 Å². The van der Waals surface area contributed by atoms with Gasteiger partial charge in [0, 0.05) is 69.5 Å². The van der Waals surface area contributed by atoms with Crippen molar-refractivity contribution in [3.8, 4) is 0 Å². The van der Waals surface area contributed by atoms with E-state index >= 15 is 0 Å². The molecule has 4 heterocycles. The molecule has 0 atom stereocenters. The molecule has 7 heteroatoms. The average Bonchev–Trinajstić information content (AvgIpc) is 3.05. The number of pyridine rings is 1. The first-order chi connectivity index (χ1) is 16.2. The van der Waals surface area contributed by atoms with E-state index in [1.807, 2.05) is 41.4 Å². The number of aromatic nitrogens is 3. The van der Waals surface area contributed by atoms with E-state index in [-0.39, 0.29) is 5.91 Å². The number of carbonyl (C=O) groups excluding carboxylic acids is 1. The van der Waals surface area contributed by atoms with Gasteiger partial charge in [-0.1, -0.05) is 24.6 Å². The largest absolute Gasteiger partial charge is 0.338 e. The molecular formula is C26H30N6O. The summed E-state index contributed by atoms with van der Waals surface area (Å²) in [5.41, 5.74) is 3.82. The van der Waals surface area contributed by atoms with Gasteiger partial charge in [-0.15, -0.1) is 0 Å². The highest BCUT2D eigenvalue weighted by Crippen LogP contribution is 2.26. The molecular weight excluding hydrogens is 412 g/mol. The van der Waals surface area contributed by atoms with Crippen molar-refractivity contribution in [2.24, 2.45) is 0 Å². The molecule has 0 spiro atoms. The summed E-state index contributed by atoms with van der Waals surface area (Å²) in [7, 11) is 0. The number of para-hydroxylation sites is 1. The lowest BCUT2D eigenvalue weighted by atomic mass is 9.91. The summed E-state index contributed by atoms with van der Waals surface area (Å²) in [4.78, 5) is 34.2. The minimum Gasteiger partial charge on any atom is -0.338 e. The van der Waals surface area contributed by atoms with Crippen molar-refractivity contribution in [2.45, 2.75) is 38.1 Å². The van der Waals surface area contributed by atoms with Crippen LogP contribution in [0.5, 0.6) is 0 Å². The Labute approximate surface area is 194 Å². The molecule has 1 amide bonds. The number of amides is 1. The predicted octanol–water partition coefficient (Wildman–Crippen LogP) is 2.94. The second-order valence-corrected chi connectivity index (χ2v) is 9.46. The van der Waals surface area contributed by atoms with Gasteiger partial charge in [0.2, 0.25) is 5.95 Å². The summed E-state index contributed by atoms with van der Waals surface area (Å²) in [6.45, 7) is 5.55. The lowest BCUT2D eigenvalue weighted by Gasteiger charge is -2.43. The van der Waals surface area contributed by atoms with Crippen molar-refractivity contribution in [3.63, 3.8) is 0 Å². The predicted molar refractivity (Wildman–Crippen MR) is 129 cm³/mol. The van der Waals surface area contributed by atoms with Crippen LogP contribution in [0.25, 0.3) is 10.9 Å². The van der Waals surface area contributed by atoms with Crippen molar-refractivity contribution < 1.29 is 4.79 Å². The summed E-state index contributed by atoms with van der Waals surface area (Å²) in [5.74, 6) is 0.891. The number of benzene rings is 1. The Morgan fingerprint density at radius 2 is 1.73 bits per heavy atom. The molecule has 6 rings (SSSR count). The van der Waals surface area contributed by atoms with Crippen LogP contribution in [-0.4, -0.2) is 76.0 Å². The highest BCUT2D eigenvalue weighted by atomic mass is 16.2. The Kier molecular flexibility index (Phi) is 5.42. The van der Waals surface area contributed by atoms with E-state index in [1.165, 1.54) is 24.8 Å². The Morgan fingerprint density at radius 1 is 0.909 bits per heavy atom.